The zero-order chi connectivity index (χ0) is 21.9. The first kappa shape index (κ1) is 21.6. The van der Waals surface area contributed by atoms with Crippen LogP contribution < -0.4 is 10.6 Å². The van der Waals surface area contributed by atoms with E-state index >= 15 is 0 Å². The molecule has 3 heterocycles. The van der Waals surface area contributed by atoms with Gasteiger partial charge in [-0.25, -0.2) is 9.97 Å². The lowest BCUT2D eigenvalue weighted by Crippen LogP contribution is -2.36. The van der Waals surface area contributed by atoms with E-state index in [0.29, 0.717) is 23.7 Å². The number of nitrogens with zero attached hydrogens (tertiary/aromatic N) is 3. The van der Waals surface area contributed by atoms with Gasteiger partial charge in [0.2, 0.25) is 0 Å². The molecule has 0 unspecified atom stereocenters. The highest BCUT2D eigenvalue weighted by molar-refractivity contribution is 7.19. The molecule has 9 heteroatoms. The number of hydrogen-bond acceptors (Lipinski definition) is 7. The number of thiophene rings is 1. The van der Waals surface area contributed by atoms with Crippen LogP contribution in [0.15, 0.2) is 24.3 Å². The first-order valence-electron chi connectivity index (χ1n) is 11.1. The molecule has 32 heavy (non-hydrogen) atoms. The van der Waals surface area contributed by atoms with Crippen LogP contribution in [0.2, 0.25) is 5.02 Å². The molecule has 2 aromatic heterocycles. The number of anilines is 1. The number of nitrogens with one attached hydrogen (secondary N) is 2. The van der Waals surface area contributed by atoms with E-state index in [0.717, 1.165) is 67.5 Å². The topological polar surface area (TPSA) is 79.4 Å². The van der Waals surface area contributed by atoms with Crippen molar-refractivity contribution in [1.29, 1.82) is 0 Å². The lowest BCUT2D eigenvalue weighted by Gasteiger charge is -2.25. The Morgan fingerprint density at radius 2 is 2.00 bits per heavy atom. The van der Waals surface area contributed by atoms with E-state index < -0.39 is 0 Å². The average Bonchev–Trinajstić information content (AvgIpc) is 3.38. The zero-order valence-corrected chi connectivity index (χ0v) is 19.4. The third-order valence-electron chi connectivity index (χ3n) is 5.90. The summed E-state index contributed by atoms with van der Waals surface area (Å²) in [4.78, 5) is 27.1. The second-order valence-electron chi connectivity index (χ2n) is 8.08. The third kappa shape index (κ3) is 4.59. The van der Waals surface area contributed by atoms with Crippen molar-refractivity contribution in [2.45, 2.75) is 25.8 Å². The summed E-state index contributed by atoms with van der Waals surface area (Å²) >= 11 is 7.93. The molecule has 3 aromatic rings. The van der Waals surface area contributed by atoms with Gasteiger partial charge >= 0.3 is 0 Å². The Labute approximate surface area is 196 Å². The van der Waals surface area contributed by atoms with Gasteiger partial charge in [0, 0.05) is 31.1 Å². The quantitative estimate of drug-likeness (QED) is 0.513. The molecule has 1 amide bonds. The van der Waals surface area contributed by atoms with Gasteiger partial charge < -0.3 is 15.4 Å². The number of hydrogen-bond donors (Lipinski definition) is 2. The normalized spacial score (nSPS) is 16.3. The highest BCUT2D eigenvalue weighted by atomic mass is 35.5. The lowest BCUT2D eigenvalue weighted by atomic mass is 10.2. The minimum Gasteiger partial charge on any atom is -0.379 e. The Balaban J connectivity index is 1.30. The van der Waals surface area contributed by atoms with Crippen molar-refractivity contribution in [3.8, 4) is 0 Å². The molecular weight excluding hydrogens is 446 g/mol. The second kappa shape index (κ2) is 9.70. The summed E-state index contributed by atoms with van der Waals surface area (Å²) in [7, 11) is 0. The predicted octanol–water partition coefficient (Wildman–Crippen LogP) is 3.51. The summed E-state index contributed by atoms with van der Waals surface area (Å²) in [6.07, 6.45) is 3.40. The first-order chi connectivity index (χ1) is 15.7. The second-order valence-corrected chi connectivity index (χ2v) is 9.57. The lowest BCUT2D eigenvalue weighted by molar-refractivity contribution is 0.0331. The molecule has 1 aromatic carbocycles. The Hall–Kier alpha value is -2.26. The Bertz CT molecular complexity index is 1130. The molecule has 1 aliphatic heterocycles. The van der Waals surface area contributed by atoms with E-state index in [9.17, 15) is 4.79 Å². The Morgan fingerprint density at radius 1 is 1.16 bits per heavy atom. The van der Waals surface area contributed by atoms with E-state index in [1.54, 1.807) is 23.5 Å². The van der Waals surface area contributed by atoms with Crippen LogP contribution in [-0.4, -0.2) is 60.2 Å². The molecule has 0 atom stereocenters. The minimum atomic E-state index is -0.172. The Kier molecular flexibility index (Phi) is 6.54. The monoisotopic (exact) mass is 471 g/mol. The van der Waals surface area contributed by atoms with Crippen LogP contribution in [0.5, 0.6) is 0 Å². The summed E-state index contributed by atoms with van der Waals surface area (Å²) in [5.74, 6) is 1.54. The maximum atomic E-state index is 12.4. The van der Waals surface area contributed by atoms with Crippen molar-refractivity contribution < 1.29 is 9.53 Å². The SMILES string of the molecule is O=C(NCCNc1nc(CN2CCOCC2)nc2sc3c(c12)CCC3)c1ccccc1Cl. The number of halogens is 1. The molecule has 2 N–H and O–H groups in total. The van der Waals surface area contributed by atoms with E-state index in [2.05, 4.69) is 15.5 Å². The molecule has 1 aliphatic carbocycles. The maximum absolute atomic E-state index is 12.4. The summed E-state index contributed by atoms with van der Waals surface area (Å²) in [5.41, 5.74) is 1.88. The number of rotatable bonds is 7. The van der Waals surface area contributed by atoms with Crippen molar-refractivity contribution >= 4 is 44.9 Å². The summed E-state index contributed by atoms with van der Waals surface area (Å²) < 4.78 is 5.46. The number of carbonyl (C=O) groups excluding carboxylic acids is 1. The fourth-order valence-electron chi connectivity index (χ4n) is 4.30. The first-order valence-corrected chi connectivity index (χ1v) is 12.3. The molecule has 5 rings (SSSR count). The molecule has 0 spiro atoms. The van der Waals surface area contributed by atoms with Crippen LogP contribution >= 0.6 is 22.9 Å². The van der Waals surface area contributed by atoms with Crippen LogP contribution in [0.1, 0.15) is 33.0 Å². The number of benzene rings is 1. The predicted molar refractivity (Wildman–Crippen MR) is 128 cm³/mol. The Morgan fingerprint density at radius 3 is 2.84 bits per heavy atom. The highest BCUT2D eigenvalue weighted by Gasteiger charge is 2.23. The fraction of sp³-hybridized carbons (Fsp3) is 0.435. The number of fused-ring (bicyclic) bond motifs is 3. The molecule has 0 radical (unpaired) electrons. The summed E-state index contributed by atoms with van der Waals surface area (Å²) in [6, 6.07) is 7.07. The van der Waals surface area contributed by atoms with Crippen molar-refractivity contribution in [2.75, 3.05) is 44.7 Å². The van der Waals surface area contributed by atoms with E-state index in [-0.39, 0.29) is 5.91 Å². The largest absolute Gasteiger partial charge is 0.379 e. The standard InChI is InChI=1S/C23H26ClN5O2S/c24-17-6-2-1-4-15(17)22(30)26-9-8-25-21-20-16-5-3-7-18(16)32-23(20)28-19(27-21)14-29-10-12-31-13-11-29/h1-2,4,6H,3,5,7-14H2,(H,26,30)(H,25,27,28). The van der Waals surface area contributed by atoms with E-state index in [4.69, 9.17) is 26.3 Å². The van der Waals surface area contributed by atoms with Gasteiger partial charge in [0.1, 0.15) is 16.5 Å². The van der Waals surface area contributed by atoms with Crippen molar-refractivity contribution in [3.63, 3.8) is 0 Å². The highest BCUT2D eigenvalue weighted by Crippen LogP contribution is 2.39. The molecule has 0 saturated carbocycles. The number of morpholine rings is 1. The van der Waals surface area contributed by atoms with Gasteiger partial charge in [-0.2, -0.15) is 0 Å². The number of aryl methyl sites for hydroxylation is 2. The maximum Gasteiger partial charge on any atom is 0.252 e. The van der Waals surface area contributed by atoms with Crippen molar-refractivity contribution in [3.05, 3.63) is 51.1 Å². The molecule has 0 bridgehead atoms. The van der Waals surface area contributed by atoms with Crippen LogP contribution in [0, 0.1) is 0 Å². The number of ether oxygens (including phenoxy) is 1. The summed E-state index contributed by atoms with van der Waals surface area (Å²) in [5, 5.41) is 8.02. The van der Waals surface area contributed by atoms with Crippen LogP contribution in [0.3, 0.4) is 0 Å². The van der Waals surface area contributed by atoms with Gasteiger partial charge in [-0.05, 0) is 37.0 Å². The molecule has 7 nitrogen and oxygen atoms in total. The number of amides is 1. The van der Waals surface area contributed by atoms with Crippen LogP contribution in [0.4, 0.5) is 5.82 Å². The minimum absolute atomic E-state index is 0.172. The zero-order valence-electron chi connectivity index (χ0n) is 17.8. The van der Waals surface area contributed by atoms with Crippen LogP contribution in [-0.2, 0) is 24.1 Å². The van der Waals surface area contributed by atoms with Gasteiger partial charge in [0.05, 0.1) is 35.7 Å². The molecule has 1 saturated heterocycles. The molecule has 1 fully saturated rings. The van der Waals surface area contributed by atoms with Crippen molar-refractivity contribution in [1.82, 2.24) is 20.2 Å². The van der Waals surface area contributed by atoms with Gasteiger partial charge in [-0.3, -0.25) is 9.69 Å². The van der Waals surface area contributed by atoms with Gasteiger partial charge in [-0.15, -0.1) is 11.3 Å². The third-order valence-corrected chi connectivity index (χ3v) is 7.42. The number of carbonyl (C=O) groups is 1. The van der Waals surface area contributed by atoms with Crippen LogP contribution in [0.25, 0.3) is 10.2 Å². The summed E-state index contributed by atoms with van der Waals surface area (Å²) in [6.45, 7) is 5.08. The van der Waals surface area contributed by atoms with Gasteiger partial charge in [-0.1, -0.05) is 23.7 Å². The van der Waals surface area contributed by atoms with Gasteiger partial charge in [0.25, 0.3) is 5.91 Å². The fourth-order valence-corrected chi connectivity index (χ4v) is 5.80. The number of aromatic nitrogens is 2. The van der Waals surface area contributed by atoms with Gasteiger partial charge in [0.15, 0.2) is 0 Å². The molecule has 2 aliphatic rings. The van der Waals surface area contributed by atoms with E-state index in [1.807, 2.05) is 12.1 Å². The van der Waals surface area contributed by atoms with Crippen molar-refractivity contribution in [2.24, 2.45) is 0 Å². The molecular formula is C23H26ClN5O2S. The average molecular weight is 472 g/mol. The van der Waals surface area contributed by atoms with E-state index in [1.165, 1.54) is 16.9 Å². The smallest absolute Gasteiger partial charge is 0.252 e. The molecule has 168 valence electrons.